The SMILES string of the molecule is CCC(CS(=O)(=O)c1ccc(C)c(C)c1)NC(=NC)NCC1CCCS1.I. The number of guanidine groups is 1. The molecule has 1 aromatic rings. The van der Waals surface area contributed by atoms with Gasteiger partial charge in [0.1, 0.15) is 0 Å². The third-order valence-corrected chi connectivity index (χ3v) is 8.05. The van der Waals surface area contributed by atoms with Gasteiger partial charge in [-0.15, -0.1) is 24.0 Å². The second-order valence-electron chi connectivity index (χ2n) is 6.87. The summed E-state index contributed by atoms with van der Waals surface area (Å²) in [6.07, 6.45) is 3.21. The number of hydrogen-bond donors (Lipinski definition) is 2. The number of halogens is 1. The van der Waals surface area contributed by atoms with Gasteiger partial charge in [0.2, 0.25) is 0 Å². The number of benzene rings is 1. The van der Waals surface area contributed by atoms with E-state index >= 15 is 0 Å². The summed E-state index contributed by atoms with van der Waals surface area (Å²) in [4.78, 5) is 4.65. The van der Waals surface area contributed by atoms with Crippen LogP contribution in [0.2, 0.25) is 0 Å². The first-order valence-corrected chi connectivity index (χ1v) is 11.9. The minimum atomic E-state index is -3.34. The molecule has 1 aromatic carbocycles. The van der Waals surface area contributed by atoms with Crippen molar-refractivity contribution in [1.29, 1.82) is 0 Å². The van der Waals surface area contributed by atoms with Crippen LogP contribution in [0.1, 0.15) is 37.3 Å². The van der Waals surface area contributed by atoms with Crippen molar-refractivity contribution in [3.63, 3.8) is 0 Å². The van der Waals surface area contributed by atoms with Gasteiger partial charge in [-0.3, -0.25) is 4.99 Å². The Balaban J connectivity index is 0.00000364. The van der Waals surface area contributed by atoms with Crippen LogP contribution in [0.15, 0.2) is 28.1 Å². The van der Waals surface area contributed by atoms with Gasteiger partial charge in [-0.25, -0.2) is 8.42 Å². The number of aryl methyl sites for hydroxylation is 2. The Bertz CT molecular complexity index is 732. The topological polar surface area (TPSA) is 70.6 Å². The number of sulfone groups is 1. The molecule has 2 rings (SSSR count). The van der Waals surface area contributed by atoms with Gasteiger partial charge in [0.15, 0.2) is 15.8 Å². The van der Waals surface area contributed by atoms with Crippen molar-refractivity contribution in [2.45, 2.75) is 56.2 Å². The second kappa shape index (κ2) is 11.5. The minimum absolute atomic E-state index is 0. The Hall–Kier alpha value is -0.480. The summed E-state index contributed by atoms with van der Waals surface area (Å²) in [6.45, 7) is 6.79. The molecule has 0 saturated carbocycles. The molecule has 0 aliphatic carbocycles. The lowest BCUT2D eigenvalue weighted by Gasteiger charge is -2.21. The quantitative estimate of drug-likeness (QED) is 0.324. The Kier molecular flexibility index (Phi) is 10.5. The average Bonchev–Trinajstić information content (AvgIpc) is 3.13. The zero-order valence-corrected chi connectivity index (χ0v) is 20.6. The van der Waals surface area contributed by atoms with Gasteiger partial charge in [-0.2, -0.15) is 11.8 Å². The monoisotopic (exact) mass is 525 g/mol. The molecule has 0 radical (unpaired) electrons. The maximum Gasteiger partial charge on any atom is 0.191 e. The molecule has 1 heterocycles. The van der Waals surface area contributed by atoms with Gasteiger partial charge < -0.3 is 10.6 Å². The molecule has 0 spiro atoms. The first kappa shape index (κ1) is 24.6. The zero-order valence-electron chi connectivity index (χ0n) is 16.6. The molecule has 1 fully saturated rings. The first-order valence-electron chi connectivity index (χ1n) is 9.24. The van der Waals surface area contributed by atoms with Gasteiger partial charge in [-0.05, 0) is 62.1 Å². The summed E-state index contributed by atoms with van der Waals surface area (Å²) in [5.74, 6) is 1.97. The van der Waals surface area contributed by atoms with Crippen LogP contribution < -0.4 is 10.6 Å². The Morgan fingerprint density at radius 3 is 2.63 bits per heavy atom. The van der Waals surface area contributed by atoms with Gasteiger partial charge in [0, 0.05) is 24.9 Å². The van der Waals surface area contributed by atoms with Crippen molar-refractivity contribution in [3.8, 4) is 0 Å². The summed E-state index contributed by atoms with van der Waals surface area (Å²) in [6, 6.07) is 5.16. The van der Waals surface area contributed by atoms with E-state index in [-0.39, 0.29) is 35.8 Å². The lowest BCUT2D eigenvalue weighted by molar-refractivity contribution is 0.568. The molecule has 0 aromatic heterocycles. The van der Waals surface area contributed by atoms with Crippen molar-refractivity contribution in [3.05, 3.63) is 29.3 Å². The third kappa shape index (κ3) is 7.45. The van der Waals surface area contributed by atoms with E-state index in [1.54, 1.807) is 19.2 Å². The normalized spacial score (nSPS) is 18.7. The standard InChI is InChI=1S/C19H31N3O2S2.HI/c1-5-16(22-19(20-4)21-12-17-7-6-10-25-17)13-26(23,24)18-9-8-14(2)15(3)11-18;/h8-9,11,16-17H,5-7,10,12-13H2,1-4H3,(H2,20,21,22);1H. The van der Waals surface area contributed by atoms with Crippen LogP contribution in [0.4, 0.5) is 0 Å². The van der Waals surface area contributed by atoms with E-state index in [1.807, 2.05) is 38.6 Å². The Morgan fingerprint density at radius 1 is 1.33 bits per heavy atom. The van der Waals surface area contributed by atoms with Gasteiger partial charge in [-0.1, -0.05) is 13.0 Å². The molecule has 1 aliphatic rings. The summed E-state index contributed by atoms with van der Waals surface area (Å²) >= 11 is 1.99. The third-order valence-electron chi connectivity index (χ3n) is 4.84. The zero-order chi connectivity index (χ0) is 19.2. The highest BCUT2D eigenvalue weighted by Crippen LogP contribution is 2.25. The molecule has 2 atom stereocenters. The van der Waals surface area contributed by atoms with Crippen LogP contribution in [0.3, 0.4) is 0 Å². The molecule has 27 heavy (non-hydrogen) atoms. The number of thioether (sulfide) groups is 1. The number of nitrogens with zero attached hydrogens (tertiary/aromatic N) is 1. The van der Waals surface area contributed by atoms with Crippen molar-refractivity contribution >= 4 is 51.5 Å². The highest BCUT2D eigenvalue weighted by molar-refractivity contribution is 14.0. The molecule has 2 N–H and O–H groups in total. The molecule has 1 aliphatic heterocycles. The van der Waals surface area contributed by atoms with Crippen LogP contribution in [-0.2, 0) is 9.84 Å². The largest absolute Gasteiger partial charge is 0.355 e. The lowest BCUT2D eigenvalue weighted by atomic mass is 10.1. The highest BCUT2D eigenvalue weighted by atomic mass is 127. The number of rotatable bonds is 7. The Labute approximate surface area is 185 Å². The summed E-state index contributed by atoms with van der Waals surface area (Å²) < 4.78 is 25.6. The molecule has 1 saturated heterocycles. The maximum atomic E-state index is 12.8. The van der Waals surface area contributed by atoms with E-state index in [0.29, 0.717) is 22.5 Å². The molecule has 0 bridgehead atoms. The fourth-order valence-corrected chi connectivity index (χ4v) is 5.81. The predicted molar refractivity (Wildman–Crippen MR) is 127 cm³/mol. The number of nitrogens with one attached hydrogen (secondary N) is 2. The van der Waals surface area contributed by atoms with Gasteiger partial charge >= 0.3 is 0 Å². The summed E-state index contributed by atoms with van der Waals surface area (Å²) in [7, 11) is -1.62. The number of aliphatic imine (C=N–C) groups is 1. The summed E-state index contributed by atoms with van der Waals surface area (Å²) in [5.41, 5.74) is 2.10. The maximum absolute atomic E-state index is 12.8. The van der Waals surface area contributed by atoms with Gasteiger partial charge in [0.25, 0.3) is 0 Å². The average molecular weight is 526 g/mol. The fraction of sp³-hybridized carbons (Fsp3) is 0.632. The first-order chi connectivity index (χ1) is 12.4. The molecule has 154 valence electrons. The van der Waals surface area contributed by atoms with Crippen LogP contribution in [-0.4, -0.2) is 50.8 Å². The van der Waals surface area contributed by atoms with E-state index in [2.05, 4.69) is 15.6 Å². The van der Waals surface area contributed by atoms with Gasteiger partial charge in [0.05, 0.1) is 10.6 Å². The van der Waals surface area contributed by atoms with E-state index in [4.69, 9.17) is 0 Å². The molecular formula is C19H32IN3O2S2. The predicted octanol–water partition coefficient (Wildman–Crippen LogP) is 3.53. The summed E-state index contributed by atoms with van der Waals surface area (Å²) in [5, 5.41) is 7.24. The fourth-order valence-electron chi connectivity index (χ4n) is 2.93. The molecule has 0 amide bonds. The van der Waals surface area contributed by atoms with E-state index in [1.165, 1.54) is 18.6 Å². The van der Waals surface area contributed by atoms with E-state index in [0.717, 1.165) is 17.7 Å². The number of hydrogen-bond acceptors (Lipinski definition) is 4. The van der Waals surface area contributed by atoms with E-state index in [9.17, 15) is 8.42 Å². The molecule has 5 nitrogen and oxygen atoms in total. The molecule has 8 heteroatoms. The van der Waals surface area contributed by atoms with Crippen molar-refractivity contribution < 1.29 is 8.42 Å². The Morgan fingerprint density at radius 2 is 2.07 bits per heavy atom. The van der Waals surface area contributed by atoms with Crippen molar-refractivity contribution in [2.75, 3.05) is 25.1 Å². The van der Waals surface area contributed by atoms with Crippen molar-refractivity contribution in [1.82, 2.24) is 10.6 Å². The van der Waals surface area contributed by atoms with E-state index < -0.39 is 9.84 Å². The molecule has 2 unspecified atom stereocenters. The smallest absolute Gasteiger partial charge is 0.191 e. The highest BCUT2D eigenvalue weighted by Gasteiger charge is 2.22. The van der Waals surface area contributed by atoms with Crippen molar-refractivity contribution in [2.24, 2.45) is 4.99 Å². The minimum Gasteiger partial charge on any atom is -0.355 e. The van der Waals surface area contributed by atoms with Crippen LogP contribution in [0, 0.1) is 13.8 Å². The molecular weight excluding hydrogens is 493 g/mol. The van der Waals surface area contributed by atoms with Crippen LogP contribution in [0.25, 0.3) is 0 Å². The second-order valence-corrected chi connectivity index (χ2v) is 10.3. The van der Waals surface area contributed by atoms with Crippen LogP contribution in [0.5, 0.6) is 0 Å². The van der Waals surface area contributed by atoms with Crippen LogP contribution >= 0.6 is 35.7 Å². The lowest BCUT2D eigenvalue weighted by Crippen LogP contribution is -2.47.